The fraction of sp³-hybridized carbons (Fsp3) is 0.976. The molecule has 0 aromatic rings. The molecule has 2 unspecified atom stereocenters. The lowest BCUT2D eigenvalue weighted by atomic mass is 9.98. The van der Waals surface area contributed by atoms with Gasteiger partial charge in [-0.25, -0.2) is 0 Å². The van der Waals surface area contributed by atoms with Gasteiger partial charge in [0, 0.05) is 6.42 Å². The number of unbranched alkanes of at least 4 members (excludes halogenated alkanes) is 24. The van der Waals surface area contributed by atoms with Crippen LogP contribution in [0.4, 0.5) is 0 Å². The highest BCUT2D eigenvalue weighted by Crippen LogP contribution is 2.23. The minimum atomic E-state index is -1.60. The van der Waals surface area contributed by atoms with E-state index in [4.69, 9.17) is 9.47 Å². The van der Waals surface area contributed by atoms with E-state index in [1.54, 1.807) is 0 Å². The highest BCUT2D eigenvalue weighted by atomic mass is 16.7. The fourth-order valence-electron chi connectivity index (χ4n) is 7.02. The van der Waals surface area contributed by atoms with Crippen LogP contribution in [0.1, 0.15) is 194 Å². The molecule has 1 amide bonds. The van der Waals surface area contributed by atoms with Crippen LogP contribution in [-0.4, -0.2) is 98.7 Å². The first-order valence-corrected chi connectivity index (χ1v) is 21.3. The summed E-state index contributed by atoms with van der Waals surface area (Å²) in [5, 5.41) is 64.8. The molecule has 0 aromatic carbocycles. The minimum absolute atomic E-state index is 0.257. The van der Waals surface area contributed by atoms with Crippen LogP contribution >= 0.6 is 0 Å². The van der Waals surface area contributed by atoms with Gasteiger partial charge in [0.25, 0.3) is 0 Å². The van der Waals surface area contributed by atoms with E-state index in [0.717, 1.165) is 44.9 Å². The Morgan fingerprint density at radius 1 is 0.608 bits per heavy atom. The number of carbonyl (C=O) groups is 1. The summed E-state index contributed by atoms with van der Waals surface area (Å²) < 4.78 is 11.1. The highest BCUT2D eigenvalue weighted by Gasteiger charge is 2.44. The molecular formula is C41H81NO9. The van der Waals surface area contributed by atoms with Crippen molar-refractivity contribution in [2.45, 2.75) is 243 Å². The smallest absolute Gasteiger partial charge is 0.220 e. The molecule has 1 heterocycles. The number of ether oxygens (including phenoxy) is 2. The third-order valence-electron chi connectivity index (χ3n) is 10.6. The quantitative estimate of drug-likeness (QED) is 0.0341. The Morgan fingerprint density at radius 3 is 1.45 bits per heavy atom. The number of nitrogens with one attached hydrogen (secondary N) is 1. The van der Waals surface area contributed by atoms with Gasteiger partial charge in [-0.1, -0.05) is 174 Å². The minimum Gasteiger partial charge on any atom is -0.394 e. The molecule has 10 nitrogen and oxygen atoms in total. The van der Waals surface area contributed by atoms with Crippen molar-refractivity contribution in [1.82, 2.24) is 5.32 Å². The molecule has 7 N–H and O–H groups in total. The normalized spacial score (nSPS) is 22.5. The zero-order valence-corrected chi connectivity index (χ0v) is 32.7. The van der Waals surface area contributed by atoms with Crippen LogP contribution in [-0.2, 0) is 14.3 Å². The number of aliphatic hydroxyl groups excluding tert-OH is 6. The van der Waals surface area contributed by atoms with Crippen molar-refractivity contribution in [2.75, 3.05) is 13.2 Å². The van der Waals surface area contributed by atoms with Crippen LogP contribution in [0.5, 0.6) is 0 Å². The molecule has 0 spiro atoms. The molecular weight excluding hydrogens is 650 g/mol. The summed E-state index contributed by atoms with van der Waals surface area (Å²) in [4.78, 5) is 12.9. The van der Waals surface area contributed by atoms with E-state index in [9.17, 15) is 35.4 Å². The lowest BCUT2D eigenvalue weighted by molar-refractivity contribution is -0.303. The lowest BCUT2D eigenvalue weighted by Gasteiger charge is -2.40. The van der Waals surface area contributed by atoms with Gasteiger partial charge < -0.3 is 45.4 Å². The van der Waals surface area contributed by atoms with Crippen molar-refractivity contribution in [3.63, 3.8) is 0 Å². The number of carbonyl (C=O) groups excluding carboxylic acids is 1. The molecule has 8 atom stereocenters. The second-order valence-corrected chi connectivity index (χ2v) is 15.3. The summed E-state index contributed by atoms with van der Waals surface area (Å²) in [7, 11) is 0. The maximum atomic E-state index is 12.9. The number of rotatable bonds is 35. The van der Waals surface area contributed by atoms with Gasteiger partial charge in [-0.3, -0.25) is 4.79 Å². The summed E-state index contributed by atoms with van der Waals surface area (Å²) in [6.45, 7) is 3.58. The van der Waals surface area contributed by atoms with Gasteiger partial charge in [0.05, 0.1) is 25.4 Å². The second-order valence-electron chi connectivity index (χ2n) is 15.3. The Kier molecular flexibility index (Phi) is 30.8. The summed E-state index contributed by atoms with van der Waals surface area (Å²) in [6, 6.07) is -0.982. The average Bonchev–Trinajstić information content (AvgIpc) is 3.13. The largest absolute Gasteiger partial charge is 0.394 e. The Bertz CT molecular complexity index is 788. The maximum absolute atomic E-state index is 12.9. The third-order valence-corrected chi connectivity index (χ3v) is 10.6. The molecule has 0 radical (unpaired) electrons. The molecule has 0 aliphatic carbocycles. The molecule has 0 saturated carbocycles. The molecule has 0 aromatic heterocycles. The van der Waals surface area contributed by atoms with E-state index in [1.807, 2.05) is 0 Å². The maximum Gasteiger partial charge on any atom is 0.220 e. The van der Waals surface area contributed by atoms with Crippen molar-refractivity contribution in [1.29, 1.82) is 0 Å². The monoisotopic (exact) mass is 732 g/mol. The van der Waals surface area contributed by atoms with Crippen molar-refractivity contribution >= 4 is 5.91 Å². The van der Waals surface area contributed by atoms with E-state index in [-0.39, 0.29) is 18.9 Å². The Labute approximate surface area is 311 Å². The molecule has 304 valence electrons. The Morgan fingerprint density at radius 2 is 1.02 bits per heavy atom. The number of amides is 1. The topological polar surface area (TPSA) is 169 Å². The fourth-order valence-corrected chi connectivity index (χ4v) is 7.02. The Balaban J connectivity index is 2.39. The van der Waals surface area contributed by atoms with Gasteiger partial charge in [-0.15, -0.1) is 0 Å². The predicted molar refractivity (Wildman–Crippen MR) is 204 cm³/mol. The SMILES string of the molecule is CCCCCCCCCCCCCCCCCCCC(=O)N[C@@H](CO[C@@H]1O[C@H](CO)[C@@H](O)C(O)C1O)[C@H](O)[C@H](O)CCCCCCCCCCC. The van der Waals surface area contributed by atoms with Gasteiger partial charge in [0.2, 0.25) is 5.91 Å². The summed E-state index contributed by atoms with van der Waals surface area (Å²) in [5.41, 5.74) is 0. The zero-order valence-electron chi connectivity index (χ0n) is 32.7. The van der Waals surface area contributed by atoms with Crippen LogP contribution < -0.4 is 5.32 Å². The van der Waals surface area contributed by atoms with Crippen molar-refractivity contribution < 1.29 is 44.9 Å². The summed E-state index contributed by atoms with van der Waals surface area (Å²) >= 11 is 0. The summed E-state index contributed by atoms with van der Waals surface area (Å²) in [6.07, 6.45) is 22.6. The van der Waals surface area contributed by atoms with Gasteiger partial charge in [-0.05, 0) is 12.8 Å². The molecule has 1 fully saturated rings. The second kappa shape index (κ2) is 32.6. The average molecular weight is 732 g/mol. The number of hydrogen-bond acceptors (Lipinski definition) is 9. The van der Waals surface area contributed by atoms with Crippen LogP contribution in [0, 0.1) is 0 Å². The molecule has 1 rings (SSSR count). The van der Waals surface area contributed by atoms with Crippen molar-refractivity contribution in [3.8, 4) is 0 Å². The number of aliphatic hydroxyl groups is 6. The van der Waals surface area contributed by atoms with E-state index in [2.05, 4.69) is 19.2 Å². The molecule has 1 aliphatic heterocycles. The molecule has 51 heavy (non-hydrogen) atoms. The van der Waals surface area contributed by atoms with Crippen LogP contribution in [0.2, 0.25) is 0 Å². The first kappa shape index (κ1) is 48.2. The molecule has 0 bridgehead atoms. The van der Waals surface area contributed by atoms with Crippen LogP contribution in [0.25, 0.3) is 0 Å². The first-order valence-electron chi connectivity index (χ1n) is 21.3. The highest BCUT2D eigenvalue weighted by molar-refractivity contribution is 5.76. The van der Waals surface area contributed by atoms with Gasteiger partial charge in [-0.2, -0.15) is 0 Å². The molecule has 10 heteroatoms. The summed E-state index contributed by atoms with van der Waals surface area (Å²) in [5.74, 6) is -0.257. The van der Waals surface area contributed by atoms with E-state index >= 15 is 0 Å². The number of hydrogen-bond donors (Lipinski definition) is 7. The van der Waals surface area contributed by atoms with Crippen LogP contribution in [0.3, 0.4) is 0 Å². The van der Waals surface area contributed by atoms with E-state index in [1.165, 1.54) is 122 Å². The van der Waals surface area contributed by atoms with Crippen LogP contribution in [0.15, 0.2) is 0 Å². The van der Waals surface area contributed by atoms with E-state index < -0.39 is 55.6 Å². The third kappa shape index (κ3) is 23.5. The van der Waals surface area contributed by atoms with Crippen molar-refractivity contribution in [2.24, 2.45) is 0 Å². The molecule has 1 saturated heterocycles. The van der Waals surface area contributed by atoms with E-state index in [0.29, 0.717) is 6.42 Å². The first-order chi connectivity index (χ1) is 24.8. The Hall–Kier alpha value is -0.850. The molecule has 1 aliphatic rings. The standard InChI is InChI=1S/C41H81NO9/c1-3-5-7-9-11-13-14-15-16-17-18-19-20-22-24-26-28-30-36(45)42-33(32-50-41-40(49)39(48)38(47)35(31-43)51-41)37(46)34(44)29-27-25-23-21-12-10-8-6-4-2/h33-35,37-41,43-44,46-49H,3-32H2,1-2H3,(H,42,45)/t33-,34+,35+,37-,38+,39?,40?,41+/m0/s1. The van der Waals surface area contributed by atoms with Gasteiger partial charge >= 0.3 is 0 Å². The van der Waals surface area contributed by atoms with Gasteiger partial charge in [0.1, 0.15) is 30.5 Å². The lowest BCUT2D eigenvalue weighted by Crippen LogP contribution is -2.60. The van der Waals surface area contributed by atoms with Crippen molar-refractivity contribution in [3.05, 3.63) is 0 Å². The zero-order chi connectivity index (χ0) is 37.5. The predicted octanol–water partition coefficient (Wildman–Crippen LogP) is 6.97. The van der Waals surface area contributed by atoms with Gasteiger partial charge in [0.15, 0.2) is 6.29 Å².